The molecule has 4 aromatic rings. The minimum atomic E-state index is -0.366. The highest BCUT2D eigenvalue weighted by atomic mass is 32.1. The van der Waals surface area contributed by atoms with E-state index in [4.69, 9.17) is 5.73 Å². The molecule has 0 aliphatic rings. The number of hydrogen-bond acceptors (Lipinski definition) is 5. The number of anilines is 3. The summed E-state index contributed by atoms with van der Waals surface area (Å²) in [5.41, 5.74) is 7.36. The predicted molar refractivity (Wildman–Crippen MR) is 112 cm³/mol. The Morgan fingerprint density at radius 2 is 1.96 bits per heavy atom. The second-order valence-electron chi connectivity index (χ2n) is 6.20. The van der Waals surface area contributed by atoms with Gasteiger partial charge in [-0.3, -0.25) is 4.79 Å². The maximum absolute atomic E-state index is 14.2. The van der Waals surface area contributed by atoms with Crippen molar-refractivity contribution in [1.29, 1.82) is 0 Å². The molecule has 4 rings (SSSR count). The van der Waals surface area contributed by atoms with Gasteiger partial charge in [-0.25, -0.2) is 9.37 Å². The zero-order valence-corrected chi connectivity index (χ0v) is 15.6. The van der Waals surface area contributed by atoms with E-state index in [-0.39, 0.29) is 18.3 Å². The first kappa shape index (κ1) is 17.9. The molecule has 0 saturated heterocycles. The lowest BCUT2D eigenvalue weighted by molar-refractivity contribution is 0.103. The Morgan fingerprint density at radius 1 is 1.11 bits per heavy atom. The summed E-state index contributed by atoms with van der Waals surface area (Å²) in [5.74, 6) is -0.241. The number of carbonyl (C=O) groups excluding carboxylic acids is 1. The lowest BCUT2D eigenvalue weighted by Gasteiger charge is -2.11. The maximum Gasteiger partial charge on any atom is 0.265 e. The van der Waals surface area contributed by atoms with E-state index in [0.29, 0.717) is 27.6 Å². The summed E-state index contributed by atoms with van der Waals surface area (Å²) in [6.07, 6.45) is 1.59. The number of nitrogens with one attached hydrogen (secondary N) is 2. The molecule has 1 amide bonds. The number of thiophene rings is 1. The number of rotatable bonds is 5. The van der Waals surface area contributed by atoms with Gasteiger partial charge in [0, 0.05) is 28.7 Å². The maximum atomic E-state index is 14.2. The summed E-state index contributed by atoms with van der Waals surface area (Å²) in [6.45, 7) is 0.217. The highest BCUT2D eigenvalue weighted by Gasteiger charge is 2.12. The molecular weight excluding hydrogens is 375 g/mol. The molecule has 5 nitrogen and oxygen atoms in total. The minimum absolute atomic E-state index is 0.217. The van der Waals surface area contributed by atoms with Crippen LogP contribution in [0.25, 0.3) is 10.1 Å². The molecule has 0 unspecified atom stereocenters. The summed E-state index contributed by atoms with van der Waals surface area (Å²) in [5, 5.41) is 6.92. The number of fused-ring (bicyclic) bond motifs is 1. The van der Waals surface area contributed by atoms with E-state index in [1.165, 1.54) is 17.4 Å². The van der Waals surface area contributed by atoms with Crippen LogP contribution in [0.5, 0.6) is 0 Å². The van der Waals surface area contributed by atoms with E-state index >= 15 is 0 Å². The molecule has 0 aliphatic heterocycles. The van der Waals surface area contributed by atoms with E-state index < -0.39 is 0 Å². The van der Waals surface area contributed by atoms with Gasteiger partial charge < -0.3 is 16.4 Å². The molecular formula is C21H17FN4OS. The Morgan fingerprint density at radius 3 is 2.79 bits per heavy atom. The molecule has 2 aromatic carbocycles. The van der Waals surface area contributed by atoms with Crippen LogP contribution in [0.4, 0.5) is 21.6 Å². The van der Waals surface area contributed by atoms with Crippen molar-refractivity contribution < 1.29 is 9.18 Å². The normalized spacial score (nSPS) is 10.8. The third-order valence-electron chi connectivity index (χ3n) is 4.26. The van der Waals surface area contributed by atoms with Crippen LogP contribution in [0.1, 0.15) is 15.2 Å². The number of amides is 1. The first-order valence-corrected chi connectivity index (χ1v) is 9.44. The number of nitrogens with two attached hydrogens (primary N) is 1. The molecule has 0 fully saturated rings. The Balaban J connectivity index is 1.50. The van der Waals surface area contributed by atoms with Crippen molar-refractivity contribution in [2.75, 3.05) is 16.4 Å². The van der Waals surface area contributed by atoms with E-state index in [0.717, 1.165) is 10.1 Å². The smallest absolute Gasteiger partial charge is 0.265 e. The molecule has 2 heterocycles. The lowest BCUT2D eigenvalue weighted by Crippen LogP contribution is -2.11. The quantitative estimate of drug-likeness (QED) is 0.452. The van der Waals surface area contributed by atoms with Crippen LogP contribution in [0.3, 0.4) is 0 Å². The Hall–Kier alpha value is -3.45. The van der Waals surface area contributed by atoms with Crippen LogP contribution in [-0.4, -0.2) is 10.9 Å². The molecule has 0 aliphatic carbocycles. The van der Waals surface area contributed by atoms with Crippen molar-refractivity contribution in [2.24, 2.45) is 0 Å². The molecule has 28 heavy (non-hydrogen) atoms. The third kappa shape index (κ3) is 3.79. The number of hydrogen-bond donors (Lipinski definition) is 3. The van der Waals surface area contributed by atoms with Gasteiger partial charge >= 0.3 is 0 Å². The summed E-state index contributed by atoms with van der Waals surface area (Å²) in [4.78, 5) is 17.2. The molecule has 0 spiro atoms. The number of benzene rings is 2. The second kappa shape index (κ2) is 7.66. The van der Waals surface area contributed by atoms with Gasteiger partial charge in [0.1, 0.15) is 11.6 Å². The molecule has 0 saturated carbocycles. The van der Waals surface area contributed by atoms with Crippen LogP contribution in [0.15, 0.2) is 66.9 Å². The minimum Gasteiger partial charge on any atom is -0.382 e. The molecule has 140 valence electrons. The van der Waals surface area contributed by atoms with Crippen LogP contribution in [-0.2, 0) is 6.54 Å². The van der Waals surface area contributed by atoms with Crippen molar-refractivity contribution in [3.63, 3.8) is 0 Å². The summed E-state index contributed by atoms with van der Waals surface area (Å²) >= 11 is 1.42. The first-order valence-electron chi connectivity index (χ1n) is 8.63. The van der Waals surface area contributed by atoms with E-state index in [9.17, 15) is 9.18 Å². The van der Waals surface area contributed by atoms with E-state index in [1.54, 1.807) is 30.5 Å². The topological polar surface area (TPSA) is 80.0 Å². The van der Waals surface area contributed by atoms with Crippen LogP contribution < -0.4 is 16.4 Å². The van der Waals surface area contributed by atoms with Gasteiger partial charge in [0.05, 0.1) is 10.6 Å². The lowest BCUT2D eigenvalue weighted by atomic mass is 10.1. The zero-order valence-electron chi connectivity index (χ0n) is 14.8. The van der Waals surface area contributed by atoms with E-state index in [2.05, 4.69) is 15.6 Å². The van der Waals surface area contributed by atoms with Gasteiger partial charge in [-0.2, -0.15) is 0 Å². The number of carbonyl (C=O) groups is 1. The fourth-order valence-electron chi connectivity index (χ4n) is 2.83. The summed E-state index contributed by atoms with van der Waals surface area (Å²) < 4.78 is 15.2. The Labute approximate surface area is 165 Å². The van der Waals surface area contributed by atoms with Crippen molar-refractivity contribution >= 4 is 44.5 Å². The van der Waals surface area contributed by atoms with Crippen LogP contribution >= 0.6 is 11.3 Å². The van der Waals surface area contributed by atoms with Crippen LogP contribution in [0, 0.1) is 5.82 Å². The van der Waals surface area contributed by atoms with Gasteiger partial charge in [0.2, 0.25) is 0 Å². The average Bonchev–Trinajstić information content (AvgIpc) is 3.14. The summed E-state index contributed by atoms with van der Waals surface area (Å²) in [7, 11) is 0. The number of nitrogen functional groups attached to an aromatic ring is 1. The second-order valence-corrected chi connectivity index (χ2v) is 7.28. The number of pyridine rings is 1. The molecule has 4 N–H and O–H groups in total. The molecule has 0 bridgehead atoms. The third-order valence-corrected chi connectivity index (χ3v) is 5.38. The van der Waals surface area contributed by atoms with Crippen molar-refractivity contribution in [3.05, 3.63) is 83.1 Å². The number of halogens is 1. The molecule has 7 heteroatoms. The highest BCUT2D eigenvalue weighted by molar-refractivity contribution is 7.20. The zero-order chi connectivity index (χ0) is 19.5. The average molecular weight is 392 g/mol. The highest BCUT2D eigenvalue weighted by Crippen LogP contribution is 2.26. The standard InChI is InChI=1S/C21H17FN4OS/c22-16-8-7-15(10-14(16)12-25-17-5-3-9-24-20(17)23)26-21(27)19-11-13-4-1-2-6-18(13)28-19/h1-11,25H,12H2,(H2,23,24)(H,26,27). The molecule has 0 radical (unpaired) electrons. The number of nitrogens with zero attached hydrogens (tertiary/aromatic N) is 1. The monoisotopic (exact) mass is 392 g/mol. The Kier molecular flexibility index (Phi) is 4.90. The van der Waals surface area contributed by atoms with Gasteiger partial charge in [0.15, 0.2) is 0 Å². The fourth-order valence-corrected chi connectivity index (χ4v) is 3.79. The van der Waals surface area contributed by atoms with Crippen LogP contribution in [0.2, 0.25) is 0 Å². The molecule has 2 aromatic heterocycles. The Bertz CT molecular complexity index is 1130. The SMILES string of the molecule is Nc1ncccc1NCc1cc(NC(=O)c2cc3ccccc3s2)ccc1F. The predicted octanol–water partition coefficient (Wildman–Crippen LogP) is 4.88. The van der Waals surface area contributed by atoms with Crippen molar-refractivity contribution in [3.8, 4) is 0 Å². The first-order chi connectivity index (χ1) is 13.6. The fraction of sp³-hybridized carbons (Fsp3) is 0.0476. The van der Waals surface area contributed by atoms with E-state index in [1.807, 2.05) is 30.3 Å². The van der Waals surface area contributed by atoms with Gasteiger partial charge in [-0.05, 0) is 47.9 Å². The largest absolute Gasteiger partial charge is 0.382 e. The summed E-state index contributed by atoms with van der Waals surface area (Å²) in [6, 6.07) is 17.7. The van der Waals surface area contributed by atoms with Crippen molar-refractivity contribution in [2.45, 2.75) is 6.54 Å². The van der Waals surface area contributed by atoms with Gasteiger partial charge in [-0.1, -0.05) is 18.2 Å². The molecule has 0 atom stereocenters. The number of aromatic nitrogens is 1. The van der Waals surface area contributed by atoms with Gasteiger partial charge in [-0.15, -0.1) is 11.3 Å². The van der Waals surface area contributed by atoms with Crippen molar-refractivity contribution in [1.82, 2.24) is 4.98 Å². The van der Waals surface area contributed by atoms with Gasteiger partial charge in [0.25, 0.3) is 5.91 Å².